The maximum absolute atomic E-state index is 12.5. The Morgan fingerprint density at radius 2 is 1.17 bits per heavy atom. The molecule has 0 spiro atoms. The quantitative estimate of drug-likeness (QED) is 0.144. The van der Waals surface area contributed by atoms with Crippen molar-refractivity contribution in [3.63, 3.8) is 0 Å². The van der Waals surface area contributed by atoms with Gasteiger partial charge in [-0.25, -0.2) is 0 Å². The van der Waals surface area contributed by atoms with E-state index in [4.69, 9.17) is 33.2 Å². The van der Waals surface area contributed by atoms with Crippen molar-refractivity contribution in [3.8, 4) is 17.2 Å². The minimum atomic E-state index is -0.996. The zero-order valence-electron chi connectivity index (χ0n) is 27.0. The third kappa shape index (κ3) is 8.90. The molecule has 1 aliphatic rings. The van der Waals surface area contributed by atoms with E-state index in [1.807, 2.05) is 91.0 Å². The SMILES string of the molecule is COc1cc(OC)c([C@@H]2O[C@H](COCc3ccccc3)[C@@H](OCc3ccccc3)[C@H](OCc3ccccc3)[C@H]2CC(=O)O)c(OC)c1. The van der Waals surface area contributed by atoms with Gasteiger partial charge in [0.05, 0.1) is 71.9 Å². The number of carbonyl (C=O) groups is 1. The van der Waals surface area contributed by atoms with Crippen molar-refractivity contribution in [1.29, 1.82) is 0 Å². The molecule has 5 atom stereocenters. The first-order chi connectivity index (χ1) is 23.0. The predicted molar refractivity (Wildman–Crippen MR) is 176 cm³/mol. The van der Waals surface area contributed by atoms with Gasteiger partial charge in [0, 0.05) is 18.1 Å². The predicted octanol–water partition coefficient (Wildman–Crippen LogP) is 6.63. The van der Waals surface area contributed by atoms with Crippen molar-refractivity contribution in [2.24, 2.45) is 5.92 Å². The van der Waals surface area contributed by atoms with E-state index in [1.54, 1.807) is 33.5 Å². The maximum atomic E-state index is 12.5. The Labute approximate surface area is 275 Å². The molecule has 1 heterocycles. The summed E-state index contributed by atoms with van der Waals surface area (Å²) in [5.74, 6) is -0.286. The number of hydrogen-bond donors (Lipinski definition) is 1. The van der Waals surface area contributed by atoms with Gasteiger partial charge in [-0.1, -0.05) is 91.0 Å². The molecule has 1 aliphatic heterocycles. The largest absolute Gasteiger partial charge is 0.496 e. The average molecular weight is 643 g/mol. The molecule has 0 bridgehead atoms. The van der Waals surface area contributed by atoms with Crippen LogP contribution in [-0.2, 0) is 43.6 Å². The molecule has 248 valence electrons. The molecular weight excluding hydrogens is 600 g/mol. The normalized spacial score (nSPS) is 20.8. The lowest BCUT2D eigenvalue weighted by Crippen LogP contribution is -2.55. The van der Waals surface area contributed by atoms with Crippen LogP contribution in [0.2, 0.25) is 0 Å². The number of carboxylic acid groups (broad SMARTS) is 1. The smallest absolute Gasteiger partial charge is 0.303 e. The number of ether oxygens (including phenoxy) is 7. The van der Waals surface area contributed by atoms with E-state index < -0.39 is 36.3 Å². The maximum Gasteiger partial charge on any atom is 0.303 e. The Balaban J connectivity index is 1.57. The van der Waals surface area contributed by atoms with E-state index in [2.05, 4.69) is 0 Å². The standard InChI is InChI=1S/C38H42O9/c1-41-29-19-31(42-2)35(32(20-29)43-3)36-30(21-34(39)40)37(45-23-27-15-9-5-10-16-27)38(46-24-28-17-11-6-12-18-28)33(47-36)25-44-22-26-13-7-4-8-14-26/h4-20,30,33,36-38H,21-25H2,1-3H3,(H,39,40)/t30-,33+,36+,37+,38+/m0/s1. The van der Waals surface area contributed by atoms with Gasteiger partial charge in [-0.2, -0.15) is 0 Å². The van der Waals surface area contributed by atoms with Gasteiger partial charge in [-0.15, -0.1) is 0 Å². The van der Waals surface area contributed by atoms with Gasteiger partial charge in [0.2, 0.25) is 0 Å². The van der Waals surface area contributed by atoms with Crippen molar-refractivity contribution in [2.45, 2.75) is 50.7 Å². The Bertz CT molecular complexity index is 1510. The molecule has 9 nitrogen and oxygen atoms in total. The molecule has 0 saturated carbocycles. The topological polar surface area (TPSA) is 102 Å². The highest BCUT2D eigenvalue weighted by Crippen LogP contribution is 2.49. The second-order valence-corrected chi connectivity index (χ2v) is 11.3. The van der Waals surface area contributed by atoms with E-state index in [0.717, 1.165) is 16.7 Å². The van der Waals surface area contributed by atoms with Gasteiger partial charge < -0.3 is 38.3 Å². The van der Waals surface area contributed by atoms with Crippen LogP contribution in [0.1, 0.15) is 34.8 Å². The van der Waals surface area contributed by atoms with Crippen LogP contribution in [0, 0.1) is 5.92 Å². The summed E-state index contributed by atoms with van der Waals surface area (Å²) < 4.78 is 43.6. The van der Waals surface area contributed by atoms with Crippen LogP contribution >= 0.6 is 0 Å². The van der Waals surface area contributed by atoms with E-state index in [1.165, 1.54) is 0 Å². The second kappa shape index (κ2) is 16.9. The molecule has 0 radical (unpaired) electrons. The molecule has 0 amide bonds. The van der Waals surface area contributed by atoms with Crippen molar-refractivity contribution < 1.29 is 43.1 Å². The van der Waals surface area contributed by atoms with Crippen LogP contribution in [-0.4, -0.2) is 57.3 Å². The van der Waals surface area contributed by atoms with Gasteiger partial charge in [0.1, 0.15) is 29.5 Å². The highest BCUT2D eigenvalue weighted by molar-refractivity contribution is 5.67. The molecule has 0 aromatic heterocycles. The molecule has 4 aromatic rings. The highest BCUT2D eigenvalue weighted by atomic mass is 16.6. The minimum Gasteiger partial charge on any atom is -0.496 e. The molecule has 47 heavy (non-hydrogen) atoms. The summed E-state index contributed by atoms with van der Waals surface area (Å²) in [5.41, 5.74) is 3.49. The first-order valence-electron chi connectivity index (χ1n) is 15.6. The number of aliphatic carboxylic acids is 1. The van der Waals surface area contributed by atoms with Crippen LogP contribution in [0.3, 0.4) is 0 Å². The molecule has 1 fully saturated rings. The zero-order chi connectivity index (χ0) is 33.0. The Hall–Kier alpha value is -4.41. The summed E-state index contributed by atoms with van der Waals surface area (Å²) in [6.45, 7) is 1.04. The monoisotopic (exact) mass is 642 g/mol. The van der Waals surface area contributed by atoms with Gasteiger partial charge in [-0.05, 0) is 16.7 Å². The second-order valence-electron chi connectivity index (χ2n) is 11.3. The summed E-state index contributed by atoms with van der Waals surface area (Å²) in [6, 6.07) is 32.9. The molecule has 4 aromatic carbocycles. The van der Waals surface area contributed by atoms with Crippen LogP contribution in [0.5, 0.6) is 17.2 Å². The van der Waals surface area contributed by atoms with Crippen molar-refractivity contribution >= 4 is 5.97 Å². The van der Waals surface area contributed by atoms with Crippen LogP contribution in [0.4, 0.5) is 0 Å². The van der Waals surface area contributed by atoms with Crippen LogP contribution in [0.25, 0.3) is 0 Å². The molecule has 9 heteroatoms. The van der Waals surface area contributed by atoms with Gasteiger partial charge >= 0.3 is 5.97 Å². The Morgan fingerprint density at radius 1 is 0.681 bits per heavy atom. The molecule has 0 unspecified atom stereocenters. The fourth-order valence-electron chi connectivity index (χ4n) is 5.97. The third-order valence-electron chi connectivity index (χ3n) is 8.23. The lowest BCUT2D eigenvalue weighted by Gasteiger charge is -2.47. The summed E-state index contributed by atoms with van der Waals surface area (Å²) in [7, 11) is 4.64. The lowest BCUT2D eigenvalue weighted by atomic mass is 9.80. The summed E-state index contributed by atoms with van der Waals surface area (Å²) in [5, 5.41) is 10.2. The summed E-state index contributed by atoms with van der Waals surface area (Å²) in [4.78, 5) is 12.5. The molecule has 1 saturated heterocycles. The number of carboxylic acids is 1. The minimum absolute atomic E-state index is 0.163. The Kier molecular flexibility index (Phi) is 12.2. The molecule has 0 aliphatic carbocycles. The van der Waals surface area contributed by atoms with E-state index in [9.17, 15) is 9.90 Å². The fraction of sp³-hybridized carbons (Fsp3) is 0.342. The Morgan fingerprint density at radius 3 is 1.64 bits per heavy atom. The summed E-state index contributed by atoms with van der Waals surface area (Å²) >= 11 is 0. The van der Waals surface area contributed by atoms with E-state index in [-0.39, 0.29) is 26.2 Å². The number of rotatable bonds is 16. The van der Waals surface area contributed by atoms with E-state index >= 15 is 0 Å². The number of benzene rings is 4. The van der Waals surface area contributed by atoms with Crippen molar-refractivity contribution in [1.82, 2.24) is 0 Å². The van der Waals surface area contributed by atoms with Crippen LogP contribution < -0.4 is 14.2 Å². The first-order valence-corrected chi connectivity index (χ1v) is 15.6. The highest BCUT2D eigenvalue weighted by Gasteiger charge is 2.50. The van der Waals surface area contributed by atoms with Gasteiger partial charge in [0.15, 0.2) is 0 Å². The van der Waals surface area contributed by atoms with Gasteiger partial charge in [-0.3, -0.25) is 4.79 Å². The lowest BCUT2D eigenvalue weighted by molar-refractivity contribution is -0.249. The molecule has 1 N–H and O–H groups in total. The van der Waals surface area contributed by atoms with Crippen molar-refractivity contribution in [3.05, 3.63) is 125 Å². The molecular formula is C38H42O9. The van der Waals surface area contributed by atoms with Crippen LogP contribution in [0.15, 0.2) is 103 Å². The number of methoxy groups -OCH3 is 3. The number of hydrogen-bond acceptors (Lipinski definition) is 8. The fourth-order valence-corrected chi connectivity index (χ4v) is 5.97. The van der Waals surface area contributed by atoms with Crippen molar-refractivity contribution in [2.75, 3.05) is 27.9 Å². The first kappa shape index (κ1) is 33.9. The summed E-state index contributed by atoms with van der Waals surface area (Å²) in [6.07, 6.45) is -3.11. The van der Waals surface area contributed by atoms with Gasteiger partial charge in [0.25, 0.3) is 0 Å². The molecule has 5 rings (SSSR count). The average Bonchev–Trinajstić information content (AvgIpc) is 3.11. The third-order valence-corrected chi connectivity index (χ3v) is 8.23. The zero-order valence-corrected chi connectivity index (χ0v) is 27.0. The van der Waals surface area contributed by atoms with E-state index in [0.29, 0.717) is 29.4 Å².